The van der Waals surface area contributed by atoms with Gasteiger partial charge in [-0.05, 0) is 63.1 Å². The SMILES string of the molecule is CC(C)(C)OC(=O)N[C@@H](CN1C[C@H]2C[C@@H]1C(=O)N2[C@H](c1ccc(F)cc1)C(C)(C)C)C(=O)N1CCC[C@H]1C#N. The minimum absolute atomic E-state index is 0.0324. The first-order valence-corrected chi connectivity index (χ1v) is 13.7. The largest absolute Gasteiger partial charge is 0.444 e. The minimum Gasteiger partial charge on any atom is -0.444 e. The molecule has 3 saturated heterocycles. The smallest absolute Gasteiger partial charge is 0.408 e. The quantitative estimate of drug-likeness (QED) is 0.590. The Hall–Kier alpha value is -3.19. The highest BCUT2D eigenvalue weighted by molar-refractivity contribution is 5.88. The summed E-state index contributed by atoms with van der Waals surface area (Å²) in [4.78, 5) is 45.4. The summed E-state index contributed by atoms with van der Waals surface area (Å²) in [6.07, 6.45) is 1.23. The molecule has 5 atom stereocenters. The molecule has 3 amide bonds. The van der Waals surface area contributed by atoms with Gasteiger partial charge in [0.1, 0.15) is 23.5 Å². The van der Waals surface area contributed by atoms with Gasteiger partial charge in [-0.25, -0.2) is 9.18 Å². The minimum atomic E-state index is -0.954. The van der Waals surface area contributed by atoms with Gasteiger partial charge in [0, 0.05) is 25.7 Å². The lowest BCUT2D eigenvalue weighted by molar-refractivity contribution is -0.144. The number of halogens is 1. The first-order chi connectivity index (χ1) is 18.2. The summed E-state index contributed by atoms with van der Waals surface area (Å²) in [5.41, 5.74) is -0.152. The molecule has 0 aromatic heterocycles. The van der Waals surface area contributed by atoms with Gasteiger partial charge in [-0.2, -0.15) is 5.26 Å². The van der Waals surface area contributed by atoms with Crippen LogP contribution in [0, 0.1) is 22.6 Å². The topological polar surface area (TPSA) is 106 Å². The Morgan fingerprint density at radius 1 is 1.18 bits per heavy atom. The molecule has 39 heavy (non-hydrogen) atoms. The molecule has 0 radical (unpaired) electrons. The highest BCUT2D eigenvalue weighted by atomic mass is 19.1. The molecule has 0 aliphatic carbocycles. The highest BCUT2D eigenvalue weighted by Crippen LogP contribution is 2.45. The number of ether oxygens (including phenoxy) is 1. The predicted octanol–water partition coefficient (Wildman–Crippen LogP) is 3.61. The van der Waals surface area contributed by atoms with Gasteiger partial charge >= 0.3 is 6.09 Å². The number of piperazine rings is 1. The Kier molecular flexibility index (Phi) is 7.95. The molecule has 9 nitrogen and oxygen atoms in total. The van der Waals surface area contributed by atoms with Crippen molar-refractivity contribution in [3.05, 3.63) is 35.6 Å². The summed E-state index contributed by atoms with van der Waals surface area (Å²) >= 11 is 0. The lowest BCUT2D eigenvalue weighted by Gasteiger charge is -2.45. The van der Waals surface area contributed by atoms with E-state index in [9.17, 15) is 24.0 Å². The van der Waals surface area contributed by atoms with Crippen molar-refractivity contribution in [3.8, 4) is 6.07 Å². The molecular formula is C29H40FN5O4. The summed E-state index contributed by atoms with van der Waals surface area (Å²) in [6.45, 7) is 12.6. The van der Waals surface area contributed by atoms with Crippen molar-refractivity contribution in [2.45, 2.75) is 96.6 Å². The third kappa shape index (κ3) is 6.19. The molecular weight excluding hydrogens is 501 g/mol. The lowest BCUT2D eigenvalue weighted by atomic mass is 9.80. The summed E-state index contributed by atoms with van der Waals surface area (Å²) in [6, 6.07) is 6.28. The van der Waals surface area contributed by atoms with Crippen molar-refractivity contribution in [2.24, 2.45) is 5.41 Å². The zero-order chi connectivity index (χ0) is 28.7. The second-order valence-electron chi connectivity index (χ2n) is 12.9. The van der Waals surface area contributed by atoms with E-state index in [-0.39, 0.29) is 41.7 Å². The number of amides is 3. The van der Waals surface area contributed by atoms with E-state index in [0.717, 1.165) is 12.0 Å². The fourth-order valence-corrected chi connectivity index (χ4v) is 6.19. The van der Waals surface area contributed by atoms with E-state index < -0.39 is 29.8 Å². The number of benzene rings is 1. The maximum Gasteiger partial charge on any atom is 0.408 e. The third-order valence-electron chi connectivity index (χ3n) is 7.69. The third-order valence-corrected chi connectivity index (χ3v) is 7.69. The molecule has 0 unspecified atom stereocenters. The number of nitriles is 1. The van der Waals surface area contributed by atoms with Crippen molar-refractivity contribution in [1.82, 2.24) is 20.0 Å². The van der Waals surface area contributed by atoms with E-state index in [1.165, 1.54) is 17.0 Å². The Morgan fingerprint density at radius 3 is 2.41 bits per heavy atom. The van der Waals surface area contributed by atoms with E-state index in [2.05, 4.69) is 32.2 Å². The number of fused-ring (bicyclic) bond motifs is 2. The number of hydrogen-bond acceptors (Lipinski definition) is 6. The second-order valence-corrected chi connectivity index (χ2v) is 12.9. The number of rotatable bonds is 6. The van der Waals surface area contributed by atoms with Crippen LogP contribution in [0.15, 0.2) is 24.3 Å². The lowest BCUT2D eigenvalue weighted by Crippen LogP contribution is -2.59. The van der Waals surface area contributed by atoms with Crippen LogP contribution in [0.25, 0.3) is 0 Å². The first kappa shape index (κ1) is 28.8. The number of likely N-dealkylation sites (tertiary alicyclic amines) is 3. The Labute approximate surface area is 230 Å². The zero-order valence-corrected chi connectivity index (χ0v) is 23.7. The van der Waals surface area contributed by atoms with Crippen LogP contribution in [0.1, 0.15) is 72.4 Å². The van der Waals surface area contributed by atoms with Crippen LogP contribution in [-0.2, 0) is 14.3 Å². The van der Waals surface area contributed by atoms with Crippen LogP contribution in [0.4, 0.5) is 9.18 Å². The van der Waals surface area contributed by atoms with Crippen LogP contribution >= 0.6 is 0 Å². The van der Waals surface area contributed by atoms with Crippen LogP contribution in [-0.4, -0.2) is 82.0 Å². The second kappa shape index (κ2) is 10.8. The Morgan fingerprint density at radius 2 is 1.85 bits per heavy atom. The van der Waals surface area contributed by atoms with Gasteiger partial charge in [0.05, 0.1) is 18.2 Å². The van der Waals surface area contributed by atoms with E-state index in [1.54, 1.807) is 32.9 Å². The molecule has 1 aromatic carbocycles. The average Bonchev–Trinajstić information content (AvgIpc) is 3.53. The van der Waals surface area contributed by atoms with Crippen molar-refractivity contribution in [1.29, 1.82) is 5.26 Å². The molecule has 212 valence electrons. The molecule has 0 spiro atoms. The molecule has 3 fully saturated rings. The van der Waals surface area contributed by atoms with Gasteiger partial charge in [-0.15, -0.1) is 0 Å². The number of alkyl carbamates (subject to hydrolysis) is 1. The van der Waals surface area contributed by atoms with E-state index >= 15 is 0 Å². The molecule has 3 aliphatic rings. The van der Waals surface area contributed by atoms with Crippen LogP contribution in [0.2, 0.25) is 0 Å². The van der Waals surface area contributed by atoms with Gasteiger partial charge in [0.25, 0.3) is 0 Å². The van der Waals surface area contributed by atoms with Gasteiger partial charge in [0.15, 0.2) is 0 Å². The standard InChI is InChI=1S/C29H40FN5O4/c1-28(2,3)24(18-9-11-19(30)12-10-18)35-21-14-23(26(35)37)33(16-21)17-22(32-27(38)39-29(4,5)6)25(36)34-13-7-8-20(34)15-31/h9-12,20-24H,7-8,13-14,16-17H2,1-6H3,(H,32,38)/t20-,21+,22-,23+,24+/m0/s1. The molecule has 1 aromatic rings. The maximum atomic E-state index is 13.8. The normalized spacial score (nSPS) is 25.0. The van der Waals surface area contributed by atoms with E-state index in [0.29, 0.717) is 25.9 Å². The van der Waals surface area contributed by atoms with Crippen LogP contribution in [0.3, 0.4) is 0 Å². The van der Waals surface area contributed by atoms with Crippen molar-refractivity contribution >= 4 is 17.9 Å². The number of nitrogens with zero attached hydrogens (tertiary/aromatic N) is 4. The summed E-state index contributed by atoms with van der Waals surface area (Å²) < 4.78 is 19.1. The maximum absolute atomic E-state index is 13.8. The summed E-state index contributed by atoms with van der Waals surface area (Å²) in [5, 5.41) is 12.2. The predicted molar refractivity (Wildman–Crippen MR) is 143 cm³/mol. The molecule has 1 N–H and O–H groups in total. The van der Waals surface area contributed by atoms with Gasteiger partial charge in [-0.3, -0.25) is 14.5 Å². The monoisotopic (exact) mass is 541 g/mol. The molecule has 4 rings (SSSR count). The van der Waals surface area contributed by atoms with Crippen molar-refractivity contribution in [3.63, 3.8) is 0 Å². The molecule has 10 heteroatoms. The number of carbonyl (C=O) groups excluding carboxylic acids is 3. The van der Waals surface area contributed by atoms with Crippen molar-refractivity contribution in [2.75, 3.05) is 19.6 Å². The van der Waals surface area contributed by atoms with Gasteiger partial charge in [-0.1, -0.05) is 32.9 Å². The first-order valence-electron chi connectivity index (χ1n) is 13.7. The zero-order valence-electron chi connectivity index (χ0n) is 23.7. The Balaban J connectivity index is 1.54. The average molecular weight is 542 g/mol. The number of carbonyl (C=O) groups is 3. The molecule has 3 heterocycles. The fraction of sp³-hybridized carbons (Fsp3) is 0.655. The molecule has 2 bridgehead atoms. The van der Waals surface area contributed by atoms with Gasteiger partial charge in [0.2, 0.25) is 11.8 Å². The molecule has 3 aliphatic heterocycles. The summed E-state index contributed by atoms with van der Waals surface area (Å²) in [7, 11) is 0. The highest BCUT2D eigenvalue weighted by Gasteiger charge is 2.54. The number of nitrogens with one attached hydrogen (secondary N) is 1. The van der Waals surface area contributed by atoms with Gasteiger partial charge < -0.3 is 19.9 Å². The Bertz CT molecular complexity index is 1140. The molecule has 0 saturated carbocycles. The van der Waals surface area contributed by atoms with Crippen LogP contribution in [0.5, 0.6) is 0 Å². The van der Waals surface area contributed by atoms with E-state index in [4.69, 9.17) is 4.74 Å². The van der Waals surface area contributed by atoms with Crippen LogP contribution < -0.4 is 5.32 Å². The fourth-order valence-electron chi connectivity index (χ4n) is 6.19. The van der Waals surface area contributed by atoms with Crippen molar-refractivity contribution < 1.29 is 23.5 Å². The van der Waals surface area contributed by atoms with E-state index in [1.807, 2.05) is 9.80 Å². The summed E-state index contributed by atoms with van der Waals surface area (Å²) in [5.74, 6) is -0.692. The number of hydrogen-bond donors (Lipinski definition) is 1.